The summed E-state index contributed by atoms with van der Waals surface area (Å²) in [6.07, 6.45) is 6.47. The third-order valence-corrected chi connectivity index (χ3v) is 3.09. The molecule has 0 spiro atoms. The third kappa shape index (κ3) is 1.84. The van der Waals surface area contributed by atoms with Gasteiger partial charge in [-0.1, -0.05) is 13.3 Å². The van der Waals surface area contributed by atoms with Crippen LogP contribution in [-0.2, 0) is 0 Å². The first kappa shape index (κ1) is 9.37. The number of nitrogen functional groups attached to an aromatic ring is 1. The van der Waals surface area contributed by atoms with Gasteiger partial charge in [0.05, 0.1) is 0 Å². The Morgan fingerprint density at radius 2 is 2.29 bits per heavy atom. The minimum Gasteiger partial charge on any atom is -0.368 e. The van der Waals surface area contributed by atoms with Gasteiger partial charge in [-0.25, -0.2) is 9.97 Å². The normalized spacial score (nSPS) is 26.6. The minimum atomic E-state index is 0.343. The molecular formula is C10H16N4. The molecule has 0 radical (unpaired) electrons. The molecule has 1 aromatic rings. The van der Waals surface area contributed by atoms with Crippen molar-refractivity contribution in [1.29, 1.82) is 0 Å². The van der Waals surface area contributed by atoms with E-state index in [4.69, 9.17) is 5.73 Å². The SMILES string of the molecule is CCC1CCC(c2ncnc(N)n2)C1. The van der Waals surface area contributed by atoms with Crippen LogP contribution < -0.4 is 5.73 Å². The Balaban J connectivity index is 2.09. The molecule has 1 heterocycles. The molecule has 4 heteroatoms. The van der Waals surface area contributed by atoms with E-state index in [1.165, 1.54) is 32.0 Å². The number of aromatic nitrogens is 3. The van der Waals surface area contributed by atoms with Gasteiger partial charge in [0, 0.05) is 5.92 Å². The summed E-state index contributed by atoms with van der Waals surface area (Å²) in [5.41, 5.74) is 5.53. The molecule has 14 heavy (non-hydrogen) atoms. The van der Waals surface area contributed by atoms with Crippen LogP contribution in [0.2, 0.25) is 0 Å². The van der Waals surface area contributed by atoms with Crippen LogP contribution in [0.1, 0.15) is 44.3 Å². The smallest absolute Gasteiger partial charge is 0.223 e. The second-order valence-corrected chi connectivity index (χ2v) is 3.99. The standard InChI is InChI=1S/C10H16N4/c1-2-7-3-4-8(5-7)9-12-6-13-10(11)14-9/h6-8H,2-5H2,1H3,(H2,11,12,13,14). The van der Waals surface area contributed by atoms with Gasteiger partial charge >= 0.3 is 0 Å². The number of nitrogens with two attached hydrogens (primary N) is 1. The average molecular weight is 192 g/mol. The number of rotatable bonds is 2. The van der Waals surface area contributed by atoms with Gasteiger partial charge in [-0.15, -0.1) is 0 Å². The van der Waals surface area contributed by atoms with Crippen LogP contribution in [0.5, 0.6) is 0 Å². The summed E-state index contributed by atoms with van der Waals surface area (Å²) in [5.74, 6) is 2.58. The van der Waals surface area contributed by atoms with Crippen LogP contribution >= 0.6 is 0 Å². The second-order valence-electron chi connectivity index (χ2n) is 3.99. The van der Waals surface area contributed by atoms with E-state index in [1.54, 1.807) is 0 Å². The zero-order valence-corrected chi connectivity index (χ0v) is 8.48. The van der Waals surface area contributed by atoms with Crippen molar-refractivity contribution in [3.05, 3.63) is 12.2 Å². The van der Waals surface area contributed by atoms with Gasteiger partial charge in [-0.3, -0.25) is 0 Å². The first-order valence-corrected chi connectivity index (χ1v) is 5.24. The van der Waals surface area contributed by atoms with Crippen LogP contribution in [0.4, 0.5) is 5.95 Å². The lowest BCUT2D eigenvalue weighted by Gasteiger charge is -2.08. The first-order valence-electron chi connectivity index (χ1n) is 5.24. The Labute approximate surface area is 84.0 Å². The number of hydrogen-bond donors (Lipinski definition) is 1. The van der Waals surface area contributed by atoms with Gasteiger partial charge in [0.25, 0.3) is 0 Å². The van der Waals surface area contributed by atoms with Gasteiger partial charge < -0.3 is 5.73 Å². The lowest BCUT2D eigenvalue weighted by atomic mass is 10.0. The van der Waals surface area contributed by atoms with E-state index in [2.05, 4.69) is 21.9 Å². The number of anilines is 1. The van der Waals surface area contributed by atoms with Gasteiger partial charge in [-0.05, 0) is 25.2 Å². The van der Waals surface area contributed by atoms with E-state index in [-0.39, 0.29) is 0 Å². The van der Waals surface area contributed by atoms with E-state index in [0.29, 0.717) is 11.9 Å². The predicted molar refractivity (Wildman–Crippen MR) is 54.6 cm³/mol. The molecule has 1 fully saturated rings. The summed E-state index contributed by atoms with van der Waals surface area (Å²) in [7, 11) is 0. The van der Waals surface area contributed by atoms with Crippen LogP contribution in [0.15, 0.2) is 6.33 Å². The molecule has 1 aliphatic rings. The summed E-state index contributed by atoms with van der Waals surface area (Å²) in [6, 6.07) is 0. The molecule has 2 N–H and O–H groups in total. The average Bonchev–Trinajstić information content (AvgIpc) is 2.66. The van der Waals surface area contributed by atoms with Gasteiger partial charge in [0.2, 0.25) is 5.95 Å². The van der Waals surface area contributed by atoms with Crippen LogP contribution in [-0.4, -0.2) is 15.0 Å². The Kier molecular flexibility index (Phi) is 2.61. The highest BCUT2D eigenvalue weighted by atomic mass is 15.1. The van der Waals surface area contributed by atoms with Crippen molar-refractivity contribution in [1.82, 2.24) is 15.0 Å². The maximum absolute atomic E-state index is 5.53. The molecule has 0 bridgehead atoms. The maximum Gasteiger partial charge on any atom is 0.223 e. The summed E-state index contributed by atoms with van der Waals surface area (Å²) < 4.78 is 0. The molecular weight excluding hydrogens is 176 g/mol. The van der Waals surface area contributed by atoms with Crippen molar-refractivity contribution in [3.63, 3.8) is 0 Å². The Morgan fingerprint density at radius 3 is 2.93 bits per heavy atom. The molecule has 1 aliphatic carbocycles. The molecule has 4 nitrogen and oxygen atoms in total. The molecule has 0 aromatic carbocycles. The Bertz CT molecular complexity index is 313. The molecule has 1 aromatic heterocycles. The Hall–Kier alpha value is -1.19. The Morgan fingerprint density at radius 1 is 1.43 bits per heavy atom. The topological polar surface area (TPSA) is 64.7 Å². The van der Waals surface area contributed by atoms with Crippen LogP contribution in [0.3, 0.4) is 0 Å². The second kappa shape index (κ2) is 3.90. The molecule has 2 rings (SSSR count). The molecule has 0 amide bonds. The maximum atomic E-state index is 5.53. The van der Waals surface area contributed by atoms with E-state index in [0.717, 1.165) is 11.7 Å². The molecule has 1 saturated carbocycles. The van der Waals surface area contributed by atoms with Crippen molar-refractivity contribution in [2.45, 2.75) is 38.5 Å². The van der Waals surface area contributed by atoms with Crippen molar-refractivity contribution in [2.24, 2.45) is 5.92 Å². The fraction of sp³-hybridized carbons (Fsp3) is 0.700. The molecule has 0 aliphatic heterocycles. The lowest BCUT2D eigenvalue weighted by molar-refractivity contribution is 0.516. The zero-order chi connectivity index (χ0) is 9.97. The summed E-state index contributed by atoms with van der Waals surface area (Å²) in [6.45, 7) is 2.24. The summed E-state index contributed by atoms with van der Waals surface area (Å²) in [4.78, 5) is 12.2. The summed E-state index contributed by atoms with van der Waals surface area (Å²) in [5, 5.41) is 0. The first-order chi connectivity index (χ1) is 6.79. The van der Waals surface area contributed by atoms with Crippen molar-refractivity contribution in [2.75, 3.05) is 5.73 Å². The third-order valence-electron chi connectivity index (χ3n) is 3.09. The molecule has 2 unspecified atom stereocenters. The van der Waals surface area contributed by atoms with E-state index in [1.807, 2.05) is 0 Å². The van der Waals surface area contributed by atoms with Gasteiger partial charge in [0.1, 0.15) is 12.2 Å². The fourth-order valence-electron chi connectivity index (χ4n) is 2.20. The van der Waals surface area contributed by atoms with Crippen molar-refractivity contribution < 1.29 is 0 Å². The molecule has 0 saturated heterocycles. The highest BCUT2D eigenvalue weighted by Crippen LogP contribution is 2.37. The quantitative estimate of drug-likeness (QED) is 0.775. The minimum absolute atomic E-state index is 0.343. The van der Waals surface area contributed by atoms with Gasteiger partial charge in [-0.2, -0.15) is 4.98 Å². The highest BCUT2D eigenvalue weighted by Gasteiger charge is 2.26. The lowest BCUT2D eigenvalue weighted by Crippen LogP contribution is -2.05. The van der Waals surface area contributed by atoms with E-state index < -0.39 is 0 Å². The van der Waals surface area contributed by atoms with E-state index in [9.17, 15) is 0 Å². The van der Waals surface area contributed by atoms with Crippen molar-refractivity contribution >= 4 is 5.95 Å². The largest absolute Gasteiger partial charge is 0.368 e. The number of nitrogens with zero attached hydrogens (tertiary/aromatic N) is 3. The summed E-state index contributed by atoms with van der Waals surface area (Å²) >= 11 is 0. The van der Waals surface area contributed by atoms with Crippen LogP contribution in [0, 0.1) is 5.92 Å². The van der Waals surface area contributed by atoms with Crippen molar-refractivity contribution in [3.8, 4) is 0 Å². The predicted octanol–water partition coefficient (Wildman–Crippen LogP) is 1.75. The fourth-order valence-corrected chi connectivity index (χ4v) is 2.20. The van der Waals surface area contributed by atoms with Crippen LogP contribution in [0.25, 0.3) is 0 Å². The zero-order valence-electron chi connectivity index (χ0n) is 8.48. The van der Waals surface area contributed by atoms with Gasteiger partial charge in [0.15, 0.2) is 0 Å². The van der Waals surface area contributed by atoms with E-state index >= 15 is 0 Å². The number of hydrogen-bond acceptors (Lipinski definition) is 4. The monoisotopic (exact) mass is 192 g/mol. The highest BCUT2D eigenvalue weighted by molar-refractivity contribution is 5.14. The molecule has 2 atom stereocenters. The molecule has 76 valence electrons.